The molecule has 1 heterocycles. The molecule has 1 aromatic heterocycles. The standard InChI is InChI=1S/C12H23N5O/c1-10(16(2)12-3-4-12)7-13-8-11-9-17(5-6-18)15-14-11/h9-10,12-13,18H,3-8H2,1-2H3. The molecule has 1 saturated carbocycles. The lowest BCUT2D eigenvalue weighted by Gasteiger charge is -2.24. The SMILES string of the molecule is CC(CNCc1cn(CCO)nn1)N(C)C1CC1. The van der Waals surface area contributed by atoms with Crippen LogP contribution in [0.4, 0.5) is 0 Å². The maximum absolute atomic E-state index is 8.79. The molecule has 0 spiro atoms. The highest BCUT2D eigenvalue weighted by Gasteiger charge is 2.28. The van der Waals surface area contributed by atoms with Crippen LogP contribution in [0, 0.1) is 0 Å². The average Bonchev–Trinajstić information content (AvgIpc) is 3.11. The van der Waals surface area contributed by atoms with E-state index in [1.54, 1.807) is 4.68 Å². The number of aliphatic hydroxyl groups is 1. The van der Waals surface area contributed by atoms with Crippen LogP contribution in [0.3, 0.4) is 0 Å². The average molecular weight is 253 g/mol. The van der Waals surface area contributed by atoms with E-state index in [1.807, 2.05) is 6.20 Å². The van der Waals surface area contributed by atoms with Gasteiger partial charge in [-0.15, -0.1) is 5.10 Å². The lowest BCUT2D eigenvalue weighted by Crippen LogP contribution is -2.38. The summed E-state index contributed by atoms with van der Waals surface area (Å²) in [5.74, 6) is 0. The van der Waals surface area contributed by atoms with Gasteiger partial charge in [0.25, 0.3) is 0 Å². The van der Waals surface area contributed by atoms with Gasteiger partial charge in [-0.3, -0.25) is 4.90 Å². The van der Waals surface area contributed by atoms with Gasteiger partial charge in [-0.2, -0.15) is 0 Å². The van der Waals surface area contributed by atoms with E-state index in [-0.39, 0.29) is 6.61 Å². The van der Waals surface area contributed by atoms with Gasteiger partial charge in [0.2, 0.25) is 0 Å². The Balaban J connectivity index is 1.67. The van der Waals surface area contributed by atoms with E-state index in [0.717, 1.165) is 24.8 Å². The second-order valence-corrected chi connectivity index (χ2v) is 5.07. The summed E-state index contributed by atoms with van der Waals surface area (Å²) in [6.45, 7) is 4.54. The minimum atomic E-state index is 0.0967. The van der Waals surface area contributed by atoms with E-state index >= 15 is 0 Å². The number of nitrogens with one attached hydrogen (secondary N) is 1. The molecular weight excluding hydrogens is 230 g/mol. The summed E-state index contributed by atoms with van der Waals surface area (Å²) in [5.41, 5.74) is 0.921. The summed E-state index contributed by atoms with van der Waals surface area (Å²) in [5, 5.41) is 20.2. The van der Waals surface area contributed by atoms with Gasteiger partial charge in [0.1, 0.15) is 0 Å². The van der Waals surface area contributed by atoms with Crippen LogP contribution >= 0.6 is 0 Å². The smallest absolute Gasteiger partial charge is 0.0964 e. The lowest BCUT2D eigenvalue weighted by atomic mass is 10.3. The van der Waals surface area contributed by atoms with Crippen LogP contribution in [0.5, 0.6) is 0 Å². The Labute approximate surface area is 108 Å². The van der Waals surface area contributed by atoms with Crippen LogP contribution in [-0.2, 0) is 13.1 Å². The largest absolute Gasteiger partial charge is 0.394 e. The number of hydrogen-bond donors (Lipinski definition) is 2. The number of hydrogen-bond acceptors (Lipinski definition) is 5. The van der Waals surface area contributed by atoms with Crippen molar-refractivity contribution >= 4 is 0 Å². The summed E-state index contributed by atoms with van der Waals surface area (Å²) < 4.78 is 1.66. The number of likely N-dealkylation sites (N-methyl/N-ethyl adjacent to an activating group) is 1. The molecule has 0 bridgehead atoms. The second kappa shape index (κ2) is 6.26. The molecule has 1 aliphatic carbocycles. The minimum Gasteiger partial charge on any atom is -0.394 e. The van der Waals surface area contributed by atoms with Crippen molar-refractivity contribution in [3.63, 3.8) is 0 Å². The van der Waals surface area contributed by atoms with E-state index in [1.165, 1.54) is 12.8 Å². The third kappa shape index (κ3) is 3.76. The molecule has 6 heteroatoms. The molecule has 1 aliphatic rings. The first-order valence-corrected chi connectivity index (χ1v) is 6.63. The van der Waals surface area contributed by atoms with Crippen LogP contribution in [0.15, 0.2) is 6.20 Å². The highest BCUT2D eigenvalue weighted by molar-refractivity contribution is 4.92. The molecule has 1 atom stereocenters. The van der Waals surface area contributed by atoms with Crippen molar-refractivity contribution < 1.29 is 5.11 Å². The van der Waals surface area contributed by atoms with Gasteiger partial charge in [-0.1, -0.05) is 5.21 Å². The molecule has 0 amide bonds. The summed E-state index contributed by atoms with van der Waals surface area (Å²) >= 11 is 0. The number of nitrogens with zero attached hydrogens (tertiary/aromatic N) is 4. The first-order valence-electron chi connectivity index (χ1n) is 6.63. The molecule has 0 saturated heterocycles. The Bertz CT molecular complexity index is 363. The Morgan fingerprint density at radius 1 is 1.61 bits per heavy atom. The first-order chi connectivity index (χ1) is 8.70. The molecule has 2 N–H and O–H groups in total. The van der Waals surface area contributed by atoms with Crippen LogP contribution in [-0.4, -0.2) is 57.3 Å². The molecule has 1 fully saturated rings. The van der Waals surface area contributed by atoms with E-state index in [4.69, 9.17) is 5.11 Å². The van der Waals surface area contributed by atoms with Crippen molar-refractivity contribution in [2.45, 2.75) is 44.9 Å². The number of aliphatic hydroxyl groups excluding tert-OH is 1. The van der Waals surface area contributed by atoms with Gasteiger partial charge in [0.05, 0.1) is 18.8 Å². The Morgan fingerprint density at radius 3 is 3.06 bits per heavy atom. The van der Waals surface area contributed by atoms with E-state index < -0.39 is 0 Å². The zero-order valence-corrected chi connectivity index (χ0v) is 11.2. The van der Waals surface area contributed by atoms with Crippen LogP contribution in [0.1, 0.15) is 25.5 Å². The second-order valence-electron chi connectivity index (χ2n) is 5.07. The number of rotatable bonds is 8. The molecule has 6 nitrogen and oxygen atoms in total. The Kier molecular flexibility index (Phi) is 4.68. The van der Waals surface area contributed by atoms with Crippen LogP contribution < -0.4 is 5.32 Å². The molecule has 0 radical (unpaired) electrons. The van der Waals surface area contributed by atoms with Gasteiger partial charge in [-0.25, -0.2) is 4.68 Å². The van der Waals surface area contributed by atoms with Crippen molar-refractivity contribution in [1.82, 2.24) is 25.2 Å². The molecule has 1 aromatic rings. The monoisotopic (exact) mass is 253 g/mol. The molecule has 0 aromatic carbocycles. The molecule has 18 heavy (non-hydrogen) atoms. The third-order valence-corrected chi connectivity index (χ3v) is 3.48. The Morgan fingerprint density at radius 2 is 2.39 bits per heavy atom. The first kappa shape index (κ1) is 13.5. The Hall–Kier alpha value is -0.980. The van der Waals surface area contributed by atoms with Crippen LogP contribution in [0.25, 0.3) is 0 Å². The van der Waals surface area contributed by atoms with Crippen molar-refractivity contribution in [3.05, 3.63) is 11.9 Å². The molecule has 102 valence electrons. The summed E-state index contributed by atoms with van der Waals surface area (Å²) in [6, 6.07) is 1.34. The van der Waals surface area contributed by atoms with Crippen molar-refractivity contribution in [3.8, 4) is 0 Å². The maximum atomic E-state index is 8.79. The van der Waals surface area contributed by atoms with Gasteiger partial charge < -0.3 is 10.4 Å². The molecule has 1 unspecified atom stereocenters. The maximum Gasteiger partial charge on any atom is 0.0964 e. The van der Waals surface area contributed by atoms with E-state index in [9.17, 15) is 0 Å². The highest BCUT2D eigenvalue weighted by Crippen LogP contribution is 2.26. The van der Waals surface area contributed by atoms with Gasteiger partial charge in [-0.05, 0) is 26.8 Å². The van der Waals surface area contributed by atoms with E-state index in [0.29, 0.717) is 12.6 Å². The summed E-state index contributed by atoms with van der Waals surface area (Å²) in [7, 11) is 2.20. The predicted molar refractivity (Wildman–Crippen MR) is 69.1 cm³/mol. The highest BCUT2D eigenvalue weighted by atomic mass is 16.3. The fourth-order valence-electron chi connectivity index (χ4n) is 2.03. The predicted octanol–water partition coefficient (Wildman–Crippen LogP) is -0.157. The van der Waals surface area contributed by atoms with E-state index in [2.05, 4.69) is 34.5 Å². The van der Waals surface area contributed by atoms with Crippen molar-refractivity contribution in [1.29, 1.82) is 0 Å². The summed E-state index contributed by atoms with van der Waals surface area (Å²) in [6.07, 6.45) is 4.56. The van der Waals surface area contributed by atoms with Gasteiger partial charge in [0.15, 0.2) is 0 Å². The summed E-state index contributed by atoms with van der Waals surface area (Å²) in [4.78, 5) is 2.44. The van der Waals surface area contributed by atoms with Crippen molar-refractivity contribution in [2.75, 3.05) is 20.2 Å². The molecule has 2 rings (SSSR count). The molecule has 0 aliphatic heterocycles. The van der Waals surface area contributed by atoms with Crippen LogP contribution in [0.2, 0.25) is 0 Å². The molecular formula is C12H23N5O. The van der Waals surface area contributed by atoms with Gasteiger partial charge in [0, 0.05) is 31.4 Å². The van der Waals surface area contributed by atoms with Crippen molar-refractivity contribution in [2.24, 2.45) is 0 Å². The number of aromatic nitrogens is 3. The quantitative estimate of drug-likeness (QED) is 0.674. The normalized spacial score (nSPS) is 17.3. The fourth-order valence-corrected chi connectivity index (χ4v) is 2.03. The zero-order chi connectivity index (χ0) is 13.0. The minimum absolute atomic E-state index is 0.0967. The van der Waals surface area contributed by atoms with Gasteiger partial charge >= 0.3 is 0 Å². The zero-order valence-electron chi connectivity index (χ0n) is 11.2. The lowest BCUT2D eigenvalue weighted by molar-refractivity contribution is 0.241. The fraction of sp³-hybridized carbons (Fsp3) is 0.833. The third-order valence-electron chi connectivity index (χ3n) is 3.48. The topological polar surface area (TPSA) is 66.2 Å².